The number of ketones is 1. The number of fused-ring (bicyclic) bond motifs is 2. The molecule has 0 bridgehead atoms. The van der Waals surface area contributed by atoms with Gasteiger partial charge in [0.05, 0.1) is 5.52 Å². The number of H-pyrrole nitrogens is 1. The lowest BCUT2D eigenvalue weighted by molar-refractivity contribution is 0.0940. The minimum absolute atomic E-state index is 0.0886. The molecule has 5 heteroatoms. The van der Waals surface area contributed by atoms with Crippen molar-refractivity contribution in [3.05, 3.63) is 72.1 Å². The van der Waals surface area contributed by atoms with E-state index < -0.39 is 0 Å². The van der Waals surface area contributed by atoms with Gasteiger partial charge < -0.3 is 4.98 Å². The Kier molecular flexibility index (Phi) is 4.80. The number of para-hydroxylation sites is 2. The van der Waals surface area contributed by atoms with Crippen LogP contribution in [0.1, 0.15) is 39.4 Å². The van der Waals surface area contributed by atoms with Crippen LogP contribution in [-0.4, -0.2) is 27.5 Å². The summed E-state index contributed by atoms with van der Waals surface area (Å²) in [6.07, 6.45) is 4.09. The maximum absolute atomic E-state index is 11.2. The number of carbonyl (C=O) groups excluding carboxylic acids is 3. The van der Waals surface area contributed by atoms with E-state index in [1.807, 2.05) is 48.5 Å². The summed E-state index contributed by atoms with van der Waals surface area (Å²) < 4.78 is 1.49. The lowest BCUT2D eigenvalue weighted by Crippen LogP contribution is -2.02. The van der Waals surface area contributed by atoms with Crippen molar-refractivity contribution in [2.75, 3.05) is 0 Å². The highest BCUT2D eigenvalue weighted by Crippen LogP contribution is 2.19. The minimum Gasteiger partial charge on any atom is -0.360 e. The lowest BCUT2D eigenvalue weighted by Gasteiger charge is -1.96. The van der Waals surface area contributed by atoms with Gasteiger partial charge in [-0.2, -0.15) is 0 Å². The van der Waals surface area contributed by atoms with E-state index in [1.165, 1.54) is 11.5 Å². The molecular formula is C21H18N2O3. The molecular weight excluding hydrogens is 328 g/mol. The summed E-state index contributed by atoms with van der Waals surface area (Å²) in [7, 11) is 0. The molecule has 0 amide bonds. The number of Topliss-reactive ketones (excluding diaryl/α,β-unsaturated/α-hetero) is 1. The summed E-state index contributed by atoms with van der Waals surface area (Å²) in [4.78, 5) is 36.1. The molecule has 0 aliphatic heterocycles. The largest absolute Gasteiger partial charge is 0.360 e. The molecule has 2 aromatic carbocycles. The van der Waals surface area contributed by atoms with Crippen LogP contribution in [0.2, 0.25) is 0 Å². The molecule has 0 spiro atoms. The molecule has 5 nitrogen and oxygen atoms in total. The van der Waals surface area contributed by atoms with Gasteiger partial charge in [0.1, 0.15) is 0 Å². The number of hydrogen-bond donors (Lipinski definition) is 1. The maximum Gasteiger partial charge on any atom is 0.227 e. The zero-order valence-corrected chi connectivity index (χ0v) is 14.5. The minimum atomic E-state index is -0.0886. The molecule has 2 heterocycles. The van der Waals surface area contributed by atoms with Gasteiger partial charge >= 0.3 is 0 Å². The van der Waals surface area contributed by atoms with Crippen LogP contribution >= 0.6 is 0 Å². The van der Waals surface area contributed by atoms with E-state index in [-0.39, 0.29) is 11.7 Å². The van der Waals surface area contributed by atoms with Crippen molar-refractivity contribution in [1.82, 2.24) is 9.55 Å². The topological polar surface area (TPSA) is 71.9 Å². The number of nitrogens with one attached hydrogen (secondary N) is 1. The van der Waals surface area contributed by atoms with E-state index in [0.717, 1.165) is 33.7 Å². The van der Waals surface area contributed by atoms with Crippen LogP contribution in [0.5, 0.6) is 0 Å². The Hall–Kier alpha value is -3.47. The first-order valence-electron chi connectivity index (χ1n) is 8.16. The predicted octanol–water partition coefficient (Wildman–Crippen LogP) is 4.48. The Morgan fingerprint density at radius 3 is 2.27 bits per heavy atom. The molecule has 0 atom stereocenters. The zero-order chi connectivity index (χ0) is 18.7. The van der Waals surface area contributed by atoms with Gasteiger partial charge in [-0.15, -0.1) is 0 Å². The Balaban J connectivity index is 0.000000152. The van der Waals surface area contributed by atoms with Crippen LogP contribution < -0.4 is 0 Å². The molecule has 4 rings (SSSR count). The van der Waals surface area contributed by atoms with Gasteiger partial charge in [0, 0.05) is 46.7 Å². The highest BCUT2D eigenvalue weighted by Gasteiger charge is 2.09. The first kappa shape index (κ1) is 17.4. The number of carbonyl (C=O) groups is 3. The third kappa shape index (κ3) is 3.19. The standard InChI is InChI=1S/C11H9NO2.C10H9NO/c1-8(14)12-6-9(7-13)10-4-2-3-5-11(10)12;1-7(12)9-6-11-10-5-3-2-4-8(9)10/h2-7H,1H3;2-6,11H,1H3. The van der Waals surface area contributed by atoms with E-state index in [0.29, 0.717) is 5.56 Å². The van der Waals surface area contributed by atoms with Crippen molar-refractivity contribution >= 4 is 39.8 Å². The molecule has 0 saturated heterocycles. The predicted molar refractivity (Wildman–Crippen MR) is 102 cm³/mol. The Morgan fingerprint density at radius 2 is 1.62 bits per heavy atom. The summed E-state index contributed by atoms with van der Waals surface area (Å²) in [5.74, 6) is 0.0155. The number of hydrogen-bond acceptors (Lipinski definition) is 3. The Bertz CT molecular complexity index is 1120. The SMILES string of the molecule is CC(=O)c1c[nH]c2ccccc12.CC(=O)n1cc(C=O)c2ccccc21. The van der Waals surface area contributed by atoms with Crippen LogP contribution in [0.25, 0.3) is 21.8 Å². The van der Waals surface area contributed by atoms with Crippen LogP contribution in [-0.2, 0) is 0 Å². The van der Waals surface area contributed by atoms with E-state index in [2.05, 4.69) is 4.98 Å². The van der Waals surface area contributed by atoms with Gasteiger partial charge in [-0.1, -0.05) is 36.4 Å². The lowest BCUT2D eigenvalue weighted by atomic mass is 10.1. The average Bonchev–Trinajstić information content (AvgIpc) is 3.24. The fourth-order valence-corrected chi connectivity index (χ4v) is 2.92. The second-order valence-electron chi connectivity index (χ2n) is 5.91. The van der Waals surface area contributed by atoms with Crippen molar-refractivity contribution in [2.45, 2.75) is 13.8 Å². The monoisotopic (exact) mass is 346 g/mol. The summed E-state index contributed by atoms with van der Waals surface area (Å²) >= 11 is 0. The molecule has 0 saturated carbocycles. The zero-order valence-electron chi connectivity index (χ0n) is 14.5. The third-order valence-corrected chi connectivity index (χ3v) is 4.18. The van der Waals surface area contributed by atoms with Gasteiger partial charge in [0.15, 0.2) is 12.1 Å². The van der Waals surface area contributed by atoms with Crippen molar-refractivity contribution in [3.63, 3.8) is 0 Å². The van der Waals surface area contributed by atoms with E-state index in [4.69, 9.17) is 0 Å². The summed E-state index contributed by atoms with van der Waals surface area (Å²) in [5, 5.41) is 1.82. The van der Waals surface area contributed by atoms with Gasteiger partial charge in [0.2, 0.25) is 5.91 Å². The van der Waals surface area contributed by atoms with E-state index >= 15 is 0 Å². The summed E-state index contributed by atoms with van der Waals surface area (Å²) in [6.45, 7) is 3.05. The smallest absolute Gasteiger partial charge is 0.227 e. The van der Waals surface area contributed by atoms with Crippen molar-refractivity contribution < 1.29 is 14.4 Å². The molecule has 0 aliphatic carbocycles. The molecule has 0 fully saturated rings. The molecule has 0 unspecified atom stereocenters. The van der Waals surface area contributed by atoms with Gasteiger partial charge in [-0.25, -0.2) is 0 Å². The highest BCUT2D eigenvalue weighted by atomic mass is 16.2. The number of aromatic nitrogens is 2. The van der Waals surface area contributed by atoms with Gasteiger partial charge in [0.25, 0.3) is 0 Å². The fraction of sp³-hybridized carbons (Fsp3) is 0.0952. The molecule has 2 aromatic heterocycles. The molecule has 1 N–H and O–H groups in total. The number of rotatable bonds is 2. The molecule has 26 heavy (non-hydrogen) atoms. The summed E-state index contributed by atoms with van der Waals surface area (Å²) in [5.41, 5.74) is 3.12. The van der Waals surface area contributed by atoms with Crippen molar-refractivity contribution in [2.24, 2.45) is 0 Å². The van der Waals surface area contributed by atoms with Crippen LogP contribution in [0, 0.1) is 0 Å². The second-order valence-corrected chi connectivity index (χ2v) is 5.91. The number of aldehydes is 1. The Labute approximate surface area is 150 Å². The molecule has 130 valence electrons. The van der Waals surface area contributed by atoms with Crippen LogP contribution in [0.3, 0.4) is 0 Å². The highest BCUT2D eigenvalue weighted by molar-refractivity contribution is 6.06. The molecule has 4 aromatic rings. The maximum atomic E-state index is 11.2. The average molecular weight is 346 g/mol. The van der Waals surface area contributed by atoms with Crippen molar-refractivity contribution in [3.8, 4) is 0 Å². The van der Waals surface area contributed by atoms with Gasteiger partial charge in [-0.05, 0) is 19.1 Å². The normalized spacial score (nSPS) is 10.4. The van der Waals surface area contributed by atoms with E-state index in [1.54, 1.807) is 19.3 Å². The second kappa shape index (κ2) is 7.19. The van der Waals surface area contributed by atoms with E-state index in [9.17, 15) is 14.4 Å². The summed E-state index contributed by atoms with van der Waals surface area (Å²) in [6, 6.07) is 15.1. The third-order valence-electron chi connectivity index (χ3n) is 4.18. The first-order valence-corrected chi connectivity index (χ1v) is 8.16. The molecule has 0 aliphatic rings. The first-order chi connectivity index (χ1) is 12.5. The fourth-order valence-electron chi connectivity index (χ4n) is 2.92. The van der Waals surface area contributed by atoms with Gasteiger partial charge in [-0.3, -0.25) is 19.0 Å². The van der Waals surface area contributed by atoms with Crippen LogP contribution in [0.15, 0.2) is 60.9 Å². The quantitative estimate of drug-likeness (QED) is 0.429. The Morgan fingerprint density at radius 1 is 0.962 bits per heavy atom. The number of benzene rings is 2. The van der Waals surface area contributed by atoms with Crippen molar-refractivity contribution in [1.29, 1.82) is 0 Å². The number of nitrogens with zero attached hydrogens (tertiary/aromatic N) is 1. The number of aromatic amines is 1. The van der Waals surface area contributed by atoms with Crippen LogP contribution in [0.4, 0.5) is 0 Å². The molecule has 0 radical (unpaired) electrons.